The zero-order chi connectivity index (χ0) is 22.5. The van der Waals surface area contributed by atoms with Gasteiger partial charge in [0.2, 0.25) is 5.91 Å². The highest BCUT2D eigenvalue weighted by Gasteiger charge is 2.27. The lowest BCUT2D eigenvalue weighted by Gasteiger charge is -2.28. The second-order valence-corrected chi connectivity index (χ2v) is 8.46. The molecule has 168 valence electrons. The Labute approximate surface area is 188 Å². The Morgan fingerprint density at radius 3 is 2.66 bits per heavy atom. The van der Waals surface area contributed by atoms with Crippen molar-refractivity contribution < 1.29 is 9.59 Å². The van der Waals surface area contributed by atoms with E-state index in [1.807, 2.05) is 43.5 Å². The molecule has 1 aromatic heterocycles. The molecule has 0 spiro atoms. The molecule has 0 radical (unpaired) electrons. The molecule has 8 nitrogen and oxygen atoms in total. The molecule has 8 heteroatoms. The average Bonchev–Trinajstić information content (AvgIpc) is 3.23. The van der Waals surface area contributed by atoms with Crippen molar-refractivity contribution in [2.45, 2.75) is 45.7 Å². The van der Waals surface area contributed by atoms with Crippen molar-refractivity contribution in [1.82, 2.24) is 14.9 Å². The minimum atomic E-state index is -0.133. The van der Waals surface area contributed by atoms with Crippen LogP contribution < -0.4 is 11.1 Å². The fraction of sp³-hybridized carbons (Fsp3) is 0.417. The summed E-state index contributed by atoms with van der Waals surface area (Å²) in [7, 11) is 0. The first-order valence-corrected chi connectivity index (χ1v) is 11.2. The Hall–Kier alpha value is -3.26. The van der Waals surface area contributed by atoms with E-state index in [4.69, 9.17) is 5.73 Å². The molecule has 2 aliphatic heterocycles. The largest absolute Gasteiger partial charge is 0.330 e. The summed E-state index contributed by atoms with van der Waals surface area (Å²) in [5.41, 5.74) is 10.4. The van der Waals surface area contributed by atoms with Crippen molar-refractivity contribution in [1.29, 1.82) is 0 Å². The molecular formula is C24H30N6O2. The molecule has 0 saturated heterocycles. The van der Waals surface area contributed by atoms with Gasteiger partial charge in [-0.15, -0.1) is 0 Å². The van der Waals surface area contributed by atoms with Crippen molar-refractivity contribution in [2.24, 2.45) is 16.8 Å². The maximum Gasteiger partial charge on any atom is 0.322 e. The van der Waals surface area contributed by atoms with E-state index in [0.717, 1.165) is 47.4 Å². The fourth-order valence-corrected chi connectivity index (χ4v) is 4.14. The van der Waals surface area contributed by atoms with Gasteiger partial charge in [0.15, 0.2) is 0 Å². The number of unbranched alkanes of at least 4 members (excludes halogenated alkanes) is 2. The van der Waals surface area contributed by atoms with Gasteiger partial charge < -0.3 is 16.0 Å². The highest BCUT2D eigenvalue weighted by Crippen LogP contribution is 2.24. The number of carbonyl (C=O) groups excluding carboxylic acids is 2. The number of hydrogen-bond acceptors (Lipinski definition) is 5. The lowest BCUT2D eigenvalue weighted by atomic mass is 9.93. The molecular weight excluding hydrogens is 404 g/mol. The highest BCUT2D eigenvalue weighted by molar-refractivity contribution is 6.06. The minimum Gasteiger partial charge on any atom is -0.330 e. The van der Waals surface area contributed by atoms with Crippen LogP contribution >= 0.6 is 0 Å². The van der Waals surface area contributed by atoms with Crippen molar-refractivity contribution in [2.75, 3.05) is 18.4 Å². The molecule has 4 rings (SSSR count). The van der Waals surface area contributed by atoms with E-state index in [1.165, 1.54) is 0 Å². The van der Waals surface area contributed by atoms with E-state index in [2.05, 4.69) is 15.4 Å². The van der Waals surface area contributed by atoms with Crippen LogP contribution in [-0.4, -0.2) is 45.6 Å². The molecule has 1 atom stereocenters. The van der Waals surface area contributed by atoms with Crippen LogP contribution in [0.4, 0.5) is 10.5 Å². The number of nitrogens with zero attached hydrogens (tertiary/aromatic N) is 4. The number of pyridine rings is 1. The lowest BCUT2D eigenvalue weighted by molar-refractivity contribution is -0.132. The molecule has 3 N–H and O–H groups in total. The number of benzene rings is 1. The zero-order valence-electron chi connectivity index (χ0n) is 18.5. The standard InChI is InChI=1S/C24H30N6O2/c1-17-13-22(31)30(12-4-2-3-10-25)28-23(17)18-5-7-21(8-6-18)27-24(32)29-15-19-9-11-26-14-20(19)16-29/h5-9,11,14,17H,2-4,10,12-13,15-16,25H2,1H3,(H,27,32). The average molecular weight is 435 g/mol. The van der Waals surface area contributed by atoms with E-state index in [0.29, 0.717) is 32.6 Å². The van der Waals surface area contributed by atoms with Gasteiger partial charge >= 0.3 is 6.03 Å². The maximum absolute atomic E-state index is 12.7. The number of anilines is 1. The monoisotopic (exact) mass is 434 g/mol. The molecule has 2 aliphatic rings. The van der Waals surface area contributed by atoms with Gasteiger partial charge in [-0.05, 0) is 54.3 Å². The summed E-state index contributed by atoms with van der Waals surface area (Å²) in [6, 6.07) is 9.50. The normalized spacial score (nSPS) is 17.9. The number of urea groups is 1. The Morgan fingerprint density at radius 1 is 1.12 bits per heavy atom. The predicted octanol–water partition coefficient (Wildman–Crippen LogP) is 3.33. The number of carbonyl (C=O) groups is 2. The first kappa shape index (κ1) is 22.0. The van der Waals surface area contributed by atoms with Gasteiger partial charge in [0.25, 0.3) is 0 Å². The Morgan fingerprint density at radius 2 is 1.91 bits per heavy atom. The van der Waals surface area contributed by atoms with Crippen LogP contribution in [0.15, 0.2) is 47.8 Å². The van der Waals surface area contributed by atoms with Gasteiger partial charge in [-0.2, -0.15) is 5.10 Å². The highest BCUT2D eigenvalue weighted by atomic mass is 16.2. The number of fused-ring (bicyclic) bond motifs is 1. The van der Waals surface area contributed by atoms with Gasteiger partial charge in [0.1, 0.15) is 0 Å². The van der Waals surface area contributed by atoms with Crippen LogP contribution in [0.3, 0.4) is 0 Å². The number of hydrazone groups is 1. The second-order valence-electron chi connectivity index (χ2n) is 8.46. The van der Waals surface area contributed by atoms with E-state index >= 15 is 0 Å². The number of nitrogens with one attached hydrogen (secondary N) is 1. The third kappa shape index (κ3) is 4.96. The summed E-state index contributed by atoms with van der Waals surface area (Å²) >= 11 is 0. The van der Waals surface area contributed by atoms with E-state index in [1.54, 1.807) is 16.1 Å². The molecule has 2 aromatic rings. The summed E-state index contributed by atoms with van der Waals surface area (Å²) < 4.78 is 0. The number of aromatic nitrogens is 1. The maximum atomic E-state index is 12.7. The van der Waals surface area contributed by atoms with Crippen molar-refractivity contribution >= 4 is 23.3 Å². The number of amides is 3. The van der Waals surface area contributed by atoms with Crippen molar-refractivity contribution in [3.63, 3.8) is 0 Å². The molecule has 0 saturated carbocycles. The molecule has 1 unspecified atom stereocenters. The van der Waals surface area contributed by atoms with Gasteiger partial charge in [-0.25, -0.2) is 9.80 Å². The molecule has 0 fully saturated rings. The van der Waals surface area contributed by atoms with Gasteiger partial charge in [0, 0.05) is 50.1 Å². The Kier molecular flexibility index (Phi) is 6.80. The van der Waals surface area contributed by atoms with Gasteiger partial charge in [0.05, 0.1) is 5.71 Å². The van der Waals surface area contributed by atoms with E-state index in [-0.39, 0.29) is 17.9 Å². The third-order valence-corrected chi connectivity index (χ3v) is 5.98. The van der Waals surface area contributed by atoms with E-state index in [9.17, 15) is 9.59 Å². The molecule has 0 bridgehead atoms. The lowest BCUT2D eigenvalue weighted by Crippen LogP contribution is -2.36. The second kappa shape index (κ2) is 9.91. The van der Waals surface area contributed by atoms with Crippen molar-refractivity contribution in [3.8, 4) is 0 Å². The summed E-state index contributed by atoms with van der Waals surface area (Å²) in [6.07, 6.45) is 6.88. The quantitative estimate of drug-likeness (QED) is 0.652. The van der Waals surface area contributed by atoms with Gasteiger partial charge in [-0.3, -0.25) is 9.78 Å². The smallest absolute Gasteiger partial charge is 0.322 e. The molecule has 0 aliphatic carbocycles. The van der Waals surface area contributed by atoms with Crippen molar-refractivity contribution in [3.05, 3.63) is 59.4 Å². The topological polar surface area (TPSA) is 104 Å². The summed E-state index contributed by atoms with van der Waals surface area (Å²) in [6.45, 7) is 4.47. The molecule has 32 heavy (non-hydrogen) atoms. The first-order valence-electron chi connectivity index (χ1n) is 11.2. The van der Waals surface area contributed by atoms with Crippen LogP contribution in [0, 0.1) is 5.92 Å². The molecule has 3 heterocycles. The molecule has 3 amide bonds. The summed E-state index contributed by atoms with van der Waals surface area (Å²) in [5, 5.41) is 9.22. The zero-order valence-corrected chi connectivity index (χ0v) is 18.5. The number of rotatable bonds is 7. The minimum absolute atomic E-state index is 0.0555. The Bertz CT molecular complexity index is 979. The molecule has 1 aromatic carbocycles. The predicted molar refractivity (Wildman–Crippen MR) is 124 cm³/mol. The summed E-state index contributed by atoms with van der Waals surface area (Å²) in [4.78, 5) is 30.9. The van der Waals surface area contributed by atoms with Crippen LogP contribution in [0.5, 0.6) is 0 Å². The van der Waals surface area contributed by atoms with Crippen LogP contribution in [0.2, 0.25) is 0 Å². The number of nitrogens with two attached hydrogens (primary N) is 1. The van der Waals surface area contributed by atoms with Crippen LogP contribution in [0.25, 0.3) is 0 Å². The summed E-state index contributed by atoms with van der Waals surface area (Å²) in [5.74, 6) is 0.125. The Balaban J connectivity index is 1.39. The number of hydrogen-bond donors (Lipinski definition) is 2. The van der Waals surface area contributed by atoms with Crippen LogP contribution in [0.1, 0.15) is 49.3 Å². The SMILES string of the molecule is CC1CC(=O)N(CCCCCN)N=C1c1ccc(NC(=O)N2Cc3ccncc3C2)cc1. The van der Waals surface area contributed by atoms with Gasteiger partial charge in [-0.1, -0.05) is 25.5 Å². The fourth-order valence-electron chi connectivity index (χ4n) is 4.14. The third-order valence-electron chi connectivity index (χ3n) is 5.98. The van der Waals surface area contributed by atoms with E-state index < -0.39 is 0 Å². The first-order chi connectivity index (χ1) is 15.5. The van der Waals surface area contributed by atoms with Crippen LogP contribution in [-0.2, 0) is 17.9 Å².